The Morgan fingerprint density at radius 1 is 1.22 bits per heavy atom. The molecule has 0 N–H and O–H groups in total. The first kappa shape index (κ1) is 21.1. The zero-order chi connectivity index (χ0) is 20.2. The summed E-state index contributed by atoms with van der Waals surface area (Å²) in [5.41, 5.74) is -0.0970. The van der Waals surface area contributed by atoms with Gasteiger partial charge in [0.2, 0.25) is 0 Å². The van der Waals surface area contributed by atoms with Crippen LogP contribution in [0.5, 0.6) is 0 Å². The Balaban J connectivity index is 2.28. The number of carbonyl (C=O) groups excluding carboxylic acids is 2. The van der Waals surface area contributed by atoms with Crippen LogP contribution in [0.1, 0.15) is 45.0 Å². The second-order valence-electron chi connectivity index (χ2n) is 7.50. The summed E-state index contributed by atoms with van der Waals surface area (Å²) in [5.74, 6) is -1.90. The number of hydrogen-bond acceptors (Lipinski definition) is 6. The summed E-state index contributed by atoms with van der Waals surface area (Å²) in [6, 6.07) is 8.77. The van der Waals surface area contributed by atoms with Crippen molar-refractivity contribution < 1.29 is 28.5 Å². The van der Waals surface area contributed by atoms with Gasteiger partial charge >= 0.3 is 11.9 Å². The molecule has 0 bridgehead atoms. The minimum atomic E-state index is -1.02. The topological polar surface area (TPSA) is 71.1 Å². The highest BCUT2D eigenvalue weighted by atomic mass is 16.7. The molecule has 0 aromatic heterocycles. The maximum Gasteiger partial charge on any atom is 0.338 e. The van der Waals surface area contributed by atoms with Crippen molar-refractivity contribution >= 4 is 11.9 Å². The average Bonchev–Trinajstić information content (AvgIpc) is 2.63. The molecule has 1 aromatic rings. The van der Waals surface area contributed by atoms with E-state index in [0.717, 1.165) is 0 Å². The molecule has 0 amide bonds. The Kier molecular flexibility index (Phi) is 6.44. The van der Waals surface area contributed by atoms with Gasteiger partial charge in [-0.1, -0.05) is 31.2 Å². The maximum atomic E-state index is 12.6. The third-order valence-corrected chi connectivity index (χ3v) is 4.55. The fourth-order valence-electron chi connectivity index (χ4n) is 3.17. The summed E-state index contributed by atoms with van der Waals surface area (Å²) in [7, 11) is 1.34. The predicted octanol–water partition coefficient (Wildman–Crippen LogP) is 3.51. The van der Waals surface area contributed by atoms with Gasteiger partial charge in [-0.3, -0.25) is 0 Å². The zero-order valence-corrected chi connectivity index (χ0v) is 16.8. The number of benzene rings is 1. The van der Waals surface area contributed by atoms with E-state index in [1.54, 1.807) is 44.2 Å². The van der Waals surface area contributed by atoms with Gasteiger partial charge in [0.1, 0.15) is 6.10 Å². The van der Waals surface area contributed by atoms with E-state index in [9.17, 15) is 9.59 Å². The molecule has 1 aliphatic heterocycles. The van der Waals surface area contributed by atoms with E-state index in [2.05, 4.69) is 0 Å². The lowest BCUT2D eigenvalue weighted by Gasteiger charge is -2.48. The second-order valence-corrected chi connectivity index (χ2v) is 7.50. The largest absolute Gasteiger partial charge is 0.466 e. The molecule has 27 heavy (non-hydrogen) atoms. The number of methoxy groups -OCH3 is 1. The number of rotatable bonds is 5. The Bertz CT molecular complexity index is 709. The molecule has 148 valence electrons. The quantitative estimate of drug-likeness (QED) is 0.578. The smallest absolute Gasteiger partial charge is 0.338 e. The fraction of sp³-hybridized carbons (Fsp3) is 0.524. The van der Waals surface area contributed by atoms with Crippen LogP contribution in [0.4, 0.5) is 0 Å². The van der Waals surface area contributed by atoms with Crippen LogP contribution in [-0.2, 0) is 23.7 Å². The van der Waals surface area contributed by atoms with Crippen LogP contribution in [-0.4, -0.2) is 43.1 Å². The molecule has 6 nitrogen and oxygen atoms in total. The van der Waals surface area contributed by atoms with E-state index in [-0.39, 0.29) is 12.5 Å². The van der Waals surface area contributed by atoms with Gasteiger partial charge in [0.05, 0.1) is 19.3 Å². The number of hydrogen-bond donors (Lipinski definition) is 0. The summed E-state index contributed by atoms with van der Waals surface area (Å²) in [6.07, 6.45) is 1.26. The number of ether oxygens (including phenoxy) is 4. The summed E-state index contributed by atoms with van der Waals surface area (Å²) < 4.78 is 22.4. The van der Waals surface area contributed by atoms with Gasteiger partial charge in [-0.05, 0) is 39.8 Å². The molecule has 0 radical (unpaired) electrons. The second kappa shape index (κ2) is 8.23. The van der Waals surface area contributed by atoms with Gasteiger partial charge in [0, 0.05) is 11.5 Å². The van der Waals surface area contributed by atoms with E-state index in [0.29, 0.717) is 11.1 Å². The highest BCUT2D eigenvalue weighted by Gasteiger charge is 2.49. The van der Waals surface area contributed by atoms with Crippen molar-refractivity contribution in [3.8, 4) is 0 Å². The monoisotopic (exact) mass is 376 g/mol. The lowest BCUT2D eigenvalue weighted by molar-refractivity contribution is -0.334. The van der Waals surface area contributed by atoms with Crippen molar-refractivity contribution in [3.63, 3.8) is 0 Å². The van der Waals surface area contributed by atoms with Crippen LogP contribution < -0.4 is 0 Å². The molecule has 1 aliphatic rings. The molecule has 0 spiro atoms. The number of esters is 2. The molecule has 1 unspecified atom stereocenters. The maximum absolute atomic E-state index is 12.6. The Morgan fingerprint density at radius 3 is 2.44 bits per heavy atom. The van der Waals surface area contributed by atoms with Gasteiger partial charge in [-0.15, -0.1) is 0 Å². The van der Waals surface area contributed by atoms with Gasteiger partial charge < -0.3 is 18.9 Å². The molecule has 0 saturated carbocycles. The van der Waals surface area contributed by atoms with Gasteiger partial charge in [0.15, 0.2) is 11.4 Å². The predicted molar refractivity (Wildman–Crippen MR) is 100 cm³/mol. The van der Waals surface area contributed by atoms with Crippen molar-refractivity contribution in [3.05, 3.63) is 47.5 Å². The molecule has 1 fully saturated rings. The third-order valence-electron chi connectivity index (χ3n) is 4.55. The summed E-state index contributed by atoms with van der Waals surface area (Å²) in [4.78, 5) is 24.3. The first-order chi connectivity index (χ1) is 12.6. The molecule has 1 aromatic carbocycles. The number of carbonyl (C=O) groups is 2. The Labute approximate surface area is 160 Å². The zero-order valence-electron chi connectivity index (χ0n) is 16.8. The van der Waals surface area contributed by atoms with Crippen LogP contribution in [0, 0.1) is 5.92 Å². The Morgan fingerprint density at radius 2 is 1.85 bits per heavy atom. The fourth-order valence-corrected chi connectivity index (χ4v) is 3.17. The van der Waals surface area contributed by atoms with Gasteiger partial charge in [0.25, 0.3) is 0 Å². The molecule has 2 rings (SSSR count). The van der Waals surface area contributed by atoms with Crippen LogP contribution >= 0.6 is 0 Å². The minimum absolute atomic E-state index is 0.179. The normalized spacial score (nSPS) is 26.1. The summed E-state index contributed by atoms with van der Waals surface area (Å²) >= 11 is 0. The highest BCUT2D eigenvalue weighted by Crippen LogP contribution is 2.37. The van der Waals surface area contributed by atoms with Crippen LogP contribution in [0.25, 0.3) is 0 Å². The Hall–Kier alpha value is -2.18. The van der Waals surface area contributed by atoms with Gasteiger partial charge in [-0.25, -0.2) is 9.59 Å². The highest BCUT2D eigenvalue weighted by molar-refractivity contribution is 5.89. The molecule has 3 atom stereocenters. The van der Waals surface area contributed by atoms with Crippen molar-refractivity contribution in [2.45, 2.75) is 52.1 Å². The molecule has 1 saturated heterocycles. The summed E-state index contributed by atoms with van der Waals surface area (Å²) in [5, 5.41) is 0. The van der Waals surface area contributed by atoms with E-state index in [4.69, 9.17) is 18.9 Å². The first-order valence-electron chi connectivity index (χ1n) is 8.95. The average molecular weight is 376 g/mol. The minimum Gasteiger partial charge on any atom is -0.466 e. The van der Waals surface area contributed by atoms with Crippen molar-refractivity contribution in [2.75, 3.05) is 13.7 Å². The summed E-state index contributed by atoms with van der Waals surface area (Å²) in [6.45, 7) is 9.17. The van der Waals surface area contributed by atoms with Crippen LogP contribution in [0.3, 0.4) is 0 Å². The first-order valence-corrected chi connectivity index (χ1v) is 8.95. The van der Waals surface area contributed by atoms with Crippen molar-refractivity contribution in [2.24, 2.45) is 5.92 Å². The lowest BCUT2D eigenvalue weighted by atomic mass is 9.86. The molecular formula is C21H28O6. The van der Waals surface area contributed by atoms with E-state index in [1.165, 1.54) is 7.11 Å². The van der Waals surface area contributed by atoms with E-state index >= 15 is 0 Å². The van der Waals surface area contributed by atoms with Crippen LogP contribution in [0.15, 0.2) is 42.0 Å². The SMILES string of the molecule is COC(=O)/C(C)=C/[C@H](C)C1OC(C)(C)OC[C@@]1(C)OC(=O)c1ccccc1. The molecule has 0 aliphatic carbocycles. The van der Waals surface area contributed by atoms with E-state index in [1.807, 2.05) is 26.8 Å². The third kappa shape index (κ3) is 5.17. The van der Waals surface area contributed by atoms with Crippen LogP contribution in [0.2, 0.25) is 0 Å². The van der Waals surface area contributed by atoms with Crippen molar-refractivity contribution in [1.82, 2.24) is 0 Å². The molecule has 6 heteroatoms. The lowest BCUT2D eigenvalue weighted by Crippen LogP contribution is -2.60. The standard InChI is InChI=1S/C21H28O6/c1-14(12-15(2)18(22)24-6)17-21(5,13-25-20(3,4)26-17)27-19(23)16-10-8-7-9-11-16/h7-12,14,17H,13H2,1-6H3/b15-12+/t14-,17?,21+/m0/s1. The molecular weight excluding hydrogens is 348 g/mol. The van der Waals surface area contributed by atoms with Gasteiger partial charge in [-0.2, -0.15) is 0 Å². The molecule has 1 heterocycles. The van der Waals surface area contributed by atoms with E-state index < -0.39 is 29.4 Å². The van der Waals surface area contributed by atoms with Crippen molar-refractivity contribution in [1.29, 1.82) is 0 Å².